The Kier molecular flexibility index (Phi) is 5.76. The van der Waals surface area contributed by atoms with Crippen LogP contribution in [0.15, 0.2) is 54.6 Å². The van der Waals surface area contributed by atoms with E-state index in [4.69, 9.17) is 4.74 Å². The first-order valence-electron chi connectivity index (χ1n) is 5.25. The van der Waals surface area contributed by atoms with Crippen LogP contribution in [0.25, 0.3) is 0 Å². The molecule has 0 saturated heterocycles. The summed E-state index contributed by atoms with van der Waals surface area (Å²) in [6.07, 6.45) is 0. The van der Waals surface area contributed by atoms with Crippen LogP contribution in [-0.4, -0.2) is 11.9 Å². The zero-order chi connectivity index (χ0) is 13.0. The van der Waals surface area contributed by atoms with Crippen LogP contribution >= 0.6 is 0 Å². The van der Waals surface area contributed by atoms with Gasteiger partial charge in [0.25, 0.3) is 0 Å². The summed E-state index contributed by atoms with van der Waals surface area (Å²) in [6.45, 7) is 0. The van der Waals surface area contributed by atoms with Crippen LogP contribution in [0.5, 0.6) is 5.75 Å². The van der Waals surface area contributed by atoms with Gasteiger partial charge in [0.05, 0.1) is 11.5 Å². The van der Waals surface area contributed by atoms with Crippen LogP contribution in [0.3, 0.4) is 0 Å². The van der Waals surface area contributed by atoms with Crippen molar-refractivity contribution in [3.8, 4) is 5.75 Å². The molecule has 0 radical (unpaired) electrons. The van der Waals surface area contributed by atoms with Gasteiger partial charge in [-0.2, -0.15) is 0 Å². The average molecular weight is 264 g/mol. The minimum atomic E-state index is -1.31. The number of benzene rings is 2. The number of carboxylic acid groups (broad SMARTS) is 1. The number of ether oxygens (including phenoxy) is 1. The predicted octanol–water partition coefficient (Wildman–Crippen LogP) is -1.73. The number of hydrogen-bond donors (Lipinski definition) is 0. The summed E-state index contributed by atoms with van der Waals surface area (Å²) in [5, 5.41) is 10.7. The van der Waals surface area contributed by atoms with Crippen molar-refractivity contribution >= 4 is 11.9 Å². The molecule has 5 heteroatoms. The maximum atomic E-state index is 11.7. The molecule has 0 aromatic heterocycles. The Hall–Kier alpha value is -1.62. The SMILES string of the molecule is O=C([O-])c1cccc(OC(=O)c2ccccc2)c1.[Na+]. The number of carboxylic acids is 1. The second kappa shape index (κ2) is 7.09. The largest absolute Gasteiger partial charge is 1.00 e. The van der Waals surface area contributed by atoms with Gasteiger partial charge in [-0.1, -0.05) is 30.3 Å². The average Bonchev–Trinajstić information content (AvgIpc) is 2.40. The molecular weight excluding hydrogens is 255 g/mol. The van der Waals surface area contributed by atoms with Crippen molar-refractivity contribution in [2.75, 3.05) is 0 Å². The van der Waals surface area contributed by atoms with E-state index in [2.05, 4.69) is 0 Å². The first-order chi connectivity index (χ1) is 8.66. The third-order valence-corrected chi connectivity index (χ3v) is 2.29. The van der Waals surface area contributed by atoms with E-state index in [0.29, 0.717) is 5.56 Å². The summed E-state index contributed by atoms with van der Waals surface area (Å²) in [7, 11) is 0. The summed E-state index contributed by atoms with van der Waals surface area (Å²) in [4.78, 5) is 22.4. The number of carbonyl (C=O) groups is 2. The van der Waals surface area contributed by atoms with Crippen LogP contribution in [0.1, 0.15) is 20.7 Å². The summed E-state index contributed by atoms with van der Waals surface area (Å²) in [5.41, 5.74) is 0.365. The summed E-state index contributed by atoms with van der Waals surface area (Å²) >= 11 is 0. The zero-order valence-electron chi connectivity index (χ0n) is 10.3. The Bertz CT molecular complexity index is 581. The molecule has 0 bridgehead atoms. The molecule has 4 nitrogen and oxygen atoms in total. The van der Waals surface area contributed by atoms with Crippen LogP contribution in [0.4, 0.5) is 0 Å². The quantitative estimate of drug-likeness (QED) is 0.375. The first-order valence-corrected chi connectivity index (χ1v) is 5.25. The van der Waals surface area contributed by atoms with Crippen molar-refractivity contribution in [1.82, 2.24) is 0 Å². The van der Waals surface area contributed by atoms with Gasteiger partial charge in [0.2, 0.25) is 0 Å². The van der Waals surface area contributed by atoms with Crippen LogP contribution in [0.2, 0.25) is 0 Å². The van der Waals surface area contributed by atoms with Crippen molar-refractivity contribution in [1.29, 1.82) is 0 Å². The minimum absolute atomic E-state index is 0. The molecule has 0 fully saturated rings. The van der Waals surface area contributed by atoms with E-state index in [0.717, 1.165) is 0 Å². The second-order valence-corrected chi connectivity index (χ2v) is 3.57. The molecule has 0 spiro atoms. The Morgan fingerprint density at radius 1 is 0.895 bits per heavy atom. The molecule has 0 atom stereocenters. The van der Waals surface area contributed by atoms with E-state index in [9.17, 15) is 14.7 Å². The van der Waals surface area contributed by atoms with Crippen molar-refractivity contribution in [2.45, 2.75) is 0 Å². The van der Waals surface area contributed by atoms with Gasteiger partial charge in [-0.3, -0.25) is 0 Å². The maximum Gasteiger partial charge on any atom is 1.00 e. The molecule has 0 amide bonds. The molecule has 2 aromatic rings. The Labute approximate surface area is 132 Å². The number of carbonyl (C=O) groups excluding carboxylic acids is 2. The van der Waals surface area contributed by atoms with Gasteiger partial charge in [-0.25, -0.2) is 4.79 Å². The fraction of sp³-hybridized carbons (Fsp3) is 0. The molecule has 0 aliphatic heterocycles. The molecule has 19 heavy (non-hydrogen) atoms. The van der Waals surface area contributed by atoms with E-state index >= 15 is 0 Å². The number of esters is 1. The summed E-state index contributed by atoms with van der Waals surface area (Å²) in [6, 6.07) is 14.1. The predicted molar refractivity (Wildman–Crippen MR) is 62.2 cm³/mol. The van der Waals surface area contributed by atoms with Gasteiger partial charge in [0.15, 0.2) is 0 Å². The second-order valence-electron chi connectivity index (χ2n) is 3.57. The van der Waals surface area contributed by atoms with Crippen molar-refractivity contribution in [3.05, 3.63) is 65.7 Å². The Balaban J connectivity index is 0.00000180. The Morgan fingerprint density at radius 3 is 2.16 bits per heavy atom. The van der Waals surface area contributed by atoms with Gasteiger partial charge < -0.3 is 14.6 Å². The van der Waals surface area contributed by atoms with Crippen molar-refractivity contribution in [2.24, 2.45) is 0 Å². The van der Waals surface area contributed by atoms with E-state index in [-0.39, 0.29) is 40.9 Å². The molecule has 2 aromatic carbocycles. The summed E-state index contributed by atoms with van der Waals surface area (Å²) < 4.78 is 5.06. The van der Waals surface area contributed by atoms with Crippen LogP contribution in [-0.2, 0) is 0 Å². The number of hydrogen-bond acceptors (Lipinski definition) is 4. The molecule has 2 rings (SSSR count). The van der Waals surface area contributed by atoms with E-state index in [1.165, 1.54) is 24.3 Å². The normalized spacial score (nSPS) is 9.26. The molecule has 0 N–H and O–H groups in total. The monoisotopic (exact) mass is 264 g/mol. The van der Waals surface area contributed by atoms with Gasteiger partial charge in [0.1, 0.15) is 5.75 Å². The van der Waals surface area contributed by atoms with E-state index in [1.807, 2.05) is 0 Å². The van der Waals surface area contributed by atoms with Crippen molar-refractivity contribution < 1.29 is 49.0 Å². The summed E-state index contributed by atoms with van der Waals surface area (Å²) in [5.74, 6) is -1.68. The van der Waals surface area contributed by atoms with Gasteiger partial charge >= 0.3 is 35.5 Å². The van der Waals surface area contributed by atoms with Crippen LogP contribution in [0, 0.1) is 0 Å². The smallest absolute Gasteiger partial charge is 0.545 e. The first kappa shape index (κ1) is 15.4. The van der Waals surface area contributed by atoms with E-state index < -0.39 is 11.9 Å². The van der Waals surface area contributed by atoms with Crippen molar-refractivity contribution in [3.63, 3.8) is 0 Å². The standard InChI is InChI=1S/C14H10O4.Na/c15-13(16)11-7-4-8-12(9-11)18-14(17)10-5-2-1-3-6-10;/h1-9H,(H,15,16);/q;+1/p-1. The zero-order valence-corrected chi connectivity index (χ0v) is 12.3. The Morgan fingerprint density at radius 2 is 1.53 bits per heavy atom. The molecule has 0 aliphatic rings. The minimum Gasteiger partial charge on any atom is -0.545 e. The fourth-order valence-corrected chi connectivity index (χ4v) is 1.43. The fourth-order valence-electron chi connectivity index (χ4n) is 1.43. The van der Waals surface area contributed by atoms with E-state index in [1.54, 1.807) is 30.3 Å². The number of aromatic carboxylic acids is 1. The van der Waals surface area contributed by atoms with Gasteiger partial charge in [-0.15, -0.1) is 0 Å². The molecular formula is C14H9NaO4. The third kappa shape index (κ3) is 4.21. The number of rotatable bonds is 3. The molecule has 90 valence electrons. The molecule has 0 heterocycles. The molecule has 0 saturated carbocycles. The van der Waals surface area contributed by atoms with Gasteiger partial charge in [0, 0.05) is 5.56 Å². The topological polar surface area (TPSA) is 66.4 Å². The van der Waals surface area contributed by atoms with Crippen LogP contribution < -0.4 is 39.4 Å². The molecule has 0 aliphatic carbocycles. The van der Waals surface area contributed by atoms with Gasteiger partial charge in [-0.05, 0) is 24.3 Å². The third-order valence-electron chi connectivity index (χ3n) is 2.29. The maximum absolute atomic E-state index is 11.7. The molecule has 0 unspecified atom stereocenters.